The third-order valence-corrected chi connectivity index (χ3v) is 25.5. The van der Waals surface area contributed by atoms with Crippen molar-refractivity contribution in [3.05, 3.63) is 147 Å². The Bertz CT molecular complexity index is 5130. The molecular formula is C90H111ClN12O25. The van der Waals surface area contributed by atoms with Crippen LogP contribution in [-0.2, 0) is 59.0 Å². The van der Waals surface area contributed by atoms with E-state index in [0.29, 0.717) is 37.2 Å². The first kappa shape index (κ1) is 93.1. The van der Waals surface area contributed by atoms with E-state index < -0.39 is 221 Å². The number of likely N-dealkylation sites (N-methyl/N-ethyl adjacent to an activating group) is 2. The number of carbonyl (C=O) groups is 9. The highest BCUT2D eigenvalue weighted by Gasteiger charge is 2.53. The topological polar surface area (TPSA) is 562 Å². The van der Waals surface area contributed by atoms with Crippen LogP contribution in [0.3, 0.4) is 0 Å². The molecule has 7 heterocycles. The predicted molar refractivity (Wildman–Crippen MR) is 457 cm³/mol. The van der Waals surface area contributed by atoms with Gasteiger partial charge in [0.25, 0.3) is 0 Å². The van der Waals surface area contributed by atoms with Crippen LogP contribution in [0.2, 0.25) is 5.02 Å². The molecule has 37 nitrogen and oxygen atoms in total. The minimum absolute atomic E-state index is 0.0224. The molecule has 4 aliphatic carbocycles. The fourth-order valence-corrected chi connectivity index (χ4v) is 19.0. The van der Waals surface area contributed by atoms with E-state index in [1.165, 1.54) is 70.3 Å². The smallest absolute Gasteiger partial charge is 0.412 e. The quantitative estimate of drug-likeness (QED) is 0.0409. The number of hydrogen-bond donors (Lipinski definition) is 20. The molecule has 38 heteroatoms. The van der Waals surface area contributed by atoms with Crippen molar-refractivity contribution in [2.24, 2.45) is 41.1 Å². The van der Waals surface area contributed by atoms with Gasteiger partial charge in [0.15, 0.2) is 23.9 Å². The van der Waals surface area contributed by atoms with Crippen LogP contribution in [0, 0.1) is 36.5 Å². The van der Waals surface area contributed by atoms with Crippen molar-refractivity contribution in [1.29, 1.82) is 0 Å². The van der Waals surface area contributed by atoms with Crippen LogP contribution in [0.1, 0.15) is 155 Å². The van der Waals surface area contributed by atoms with Gasteiger partial charge in [0, 0.05) is 48.3 Å². The van der Waals surface area contributed by atoms with Crippen LogP contribution in [0.5, 0.6) is 51.7 Å². The Labute approximate surface area is 742 Å². The number of hydrogen-bond acceptors (Lipinski definition) is 28. The third-order valence-electron chi connectivity index (χ3n) is 25.2. The summed E-state index contributed by atoms with van der Waals surface area (Å²) in [5, 5.41) is 124. The van der Waals surface area contributed by atoms with E-state index in [9.17, 15) is 55.2 Å². The number of phenolic OH excluding ortho intramolecular Hbond substituents is 2. The van der Waals surface area contributed by atoms with Gasteiger partial charge in [-0.3, -0.25) is 38.4 Å². The zero-order valence-corrected chi connectivity index (χ0v) is 72.3. The van der Waals surface area contributed by atoms with Gasteiger partial charge in [-0.05, 0) is 215 Å². The first-order valence-corrected chi connectivity index (χ1v) is 43.4. The molecule has 11 aliphatic rings. The van der Waals surface area contributed by atoms with E-state index in [-0.39, 0.29) is 93.3 Å². The highest BCUT2D eigenvalue weighted by molar-refractivity contribution is 6.32. The Kier molecular flexibility index (Phi) is 28.7. The van der Waals surface area contributed by atoms with Crippen LogP contribution in [0.25, 0.3) is 11.1 Å². The Morgan fingerprint density at radius 1 is 0.688 bits per heavy atom. The highest BCUT2D eigenvalue weighted by Crippen LogP contribution is 2.55. The number of nitrogens with one attached hydrogen (secondary N) is 10. The molecule has 7 aliphatic heterocycles. The van der Waals surface area contributed by atoms with Gasteiger partial charge in [-0.25, -0.2) is 4.79 Å². The maximum atomic E-state index is 16.6. The molecule has 17 rings (SSSR count). The maximum absolute atomic E-state index is 16.6. The number of benzene rings is 6. The molecule has 0 radical (unpaired) electrons. The number of nitrogens with two attached hydrogens (primary N) is 2. The zero-order chi connectivity index (χ0) is 91.6. The second-order valence-corrected chi connectivity index (χ2v) is 35.5. The summed E-state index contributed by atoms with van der Waals surface area (Å²) in [6.45, 7) is 11.2. The maximum Gasteiger partial charge on any atom is 0.412 e. The second-order valence-electron chi connectivity index (χ2n) is 35.1. The van der Waals surface area contributed by atoms with Crippen molar-refractivity contribution in [3.8, 4) is 62.9 Å². The Morgan fingerprint density at radius 3 is 1.99 bits per heavy atom. The summed E-state index contributed by atoms with van der Waals surface area (Å²) >= 11 is 7.33. The number of primary amides is 1. The summed E-state index contributed by atoms with van der Waals surface area (Å²) in [6, 6.07) is 8.45. The van der Waals surface area contributed by atoms with Gasteiger partial charge < -0.3 is 143 Å². The van der Waals surface area contributed by atoms with Gasteiger partial charge in [-0.15, -0.1) is 0 Å². The first-order chi connectivity index (χ1) is 61.0. The number of aliphatic hydroxyl groups is 6. The van der Waals surface area contributed by atoms with Gasteiger partial charge in [0.1, 0.15) is 108 Å². The molecule has 6 aromatic carbocycles. The fraction of sp³-hybridized carbons (Fsp3) is 0.500. The molecule has 22 N–H and O–H groups in total. The lowest BCUT2D eigenvalue weighted by atomic mass is 9.54. The molecule has 0 aromatic heterocycles. The van der Waals surface area contributed by atoms with E-state index >= 15 is 28.8 Å². The van der Waals surface area contributed by atoms with E-state index in [0.717, 1.165) is 80.6 Å². The SMILES string of the molecule is CCNCCOc1ccc(CCNC(=O)Oc2cc(O)c3c(c2)[C@@H](C(=O)NC2C4CC5CC(C4)CC2C5)NC(=O)[C@H]2NC(=O)[C@H](NC(=O)[C@@H]4NC(=O)[C@H](CC(N)=O)NC(=O)[C@H](NC(=O)[C@@H](CC(C)C)NC)[C@H](O)c5ccc(c(C)c5)Oc5cc4cc(c5O[C@@H]4O[C@H](CO)[C@@H](O)[C@H](O)[C@H]4O[C@H]4C[C@](C)(N)[C@H](O)[C@H](C)O4)Oc4ccc(cc4Cl)[C@H]2O)c2ccc(O)c-3c2)cc1. The molecule has 15 bridgehead atoms. The standard InChI is InChI=1S/C90H111ClN12O25/c1-8-95-21-22-121-51-14-9-42(10-15-51)19-20-96-89(120)123-52-34-54-67(59(106)35-52)53-30-45(11-16-58(53)105)69-83(115)103-73(87(119)101-71(54)85(117)98-68-48-26-43-25-44(28-48)29-49(68)27-43)75(109)47-13-18-61(55(91)31-47)125-63-33-50-32-62(78(63)128-88-79(77(111)76(110)64(38-104)126-88)127-66-37-90(6,93)80(112)41(5)122-66)124-60-17-12-46(24-40(60)4)74(108)72(102-81(113)56(94-7)23-39(2)3)86(118)97-57(36-65(92)107)82(114)99-70(50)84(116)100-69/h9-18,24,30-35,39,41,43-44,48-49,56-57,64,66,68-77,79-80,88,94-95,104-106,108-112H,8,19-23,25-29,36-38,93H2,1-7H3,(H2,92,107)(H,96,120)(H,97,118)(H,98,117)(H,99,114)(H,100,116)(H,101,119)(H,102,113)(H,103,115)/t41-,43?,44?,48?,49?,56+,57-,64+,66-,68?,69+,70+,71-,72+,73-,74+,75+,76+,77-,79+,80+,88-,90-/m0/s1. The summed E-state index contributed by atoms with van der Waals surface area (Å²) < 4.78 is 51.0. The Morgan fingerprint density at radius 2 is 1.34 bits per heavy atom. The van der Waals surface area contributed by atoms with E-state index in [4.69, 9.17) is 61.0 Å². The molecule has 128 heavy (non-hydrogen) atoms. The summed E-state index contributed by atoms with van der Waals surface area (Å²) in [5.41, 5.74) is 10.0. The number of ether oxygens (including phenoxy) is 8. The first-order valence-electron chi connectivity index (χ1n) is 43.1. The molecule has 688 valence electrons. The molecule has 18 atom stereocenters. The molecule has 6 aromatic rings. The van der Waals surface area contributed by atoms with Crippen LogP contribution < -0.4 is 88.3 Å². The fourth-order valence-electron chi connectivity index (χ4n) is 18.8. The molecule has 4 saturated carbocycles. The van der Waals surface area contributed by atoms with Crippen molar-refractivity contribution < 1.29 is 122 Å². The summed E-state index contributed by atoms with van der Waals surface area (Å²) in [4.78, 5) is 137. The minimum Gasteiger partial charge on any atom is -0.507 e. The van der Waals surface area contributed by atoms with Gasteiger partial charge >= 0.3 is 6.09 Å². The summed E-state index contributed by atoms with van der Waals surface area (Å²) in [7, 11) is 1.50. The number of phenols is 2. The lowest BCUT2D eigenvalue weighted by Gasteiger charge is -2.54. The van der Waals surface area contributed by atoms with Gasteiger partial charge in [0.05, 0.1) is 36.3 Å². The number of amides is 9. The van der Waals surface area contributed by atoms with Crippen molar-refractivity contribution in [2.45, 2.75) is 215 Å². The second kappa shape index (κ2) is 39.5. The predicted octanol–water partition coefficient (Wildman–Crippen LogP) is 3.23. The summed E-state index contributed by atoms with van der Waals surface area (Å²) in [5.74, 6) is -12.0. The van der Waals surface area contributed by atoms with Crippen LogP contribution in [-0.4, -0.2) is 219 Å². The average molecular weight is 1800 g/mol. The van der Waals surface area contributed by atoms with Crippen LogP contribution in [0.15, 0.2) is 103 Å². The largest absolute Gasteiger partial charge is 0.507 e. The number of aliphatic hydroxyl groups excluding tert-OH is 6. The Balaban J connectivity index is 0.933. The van der Waals surface area contributed by atoms with Crippen LogP contribution in [0.4, 0.5) is 4.79 Å². The number of halogens is 1. The average Bonchev–Trinajstić information content (AvgIpc) is 0.753. The molecular weight excluding hydrogens is 1680 g/mol. The van der Waals surface area contributed by atoms with Gasteiger partial charge in [-0.1, -0.05) is 62.7 Å². The number of carbonyl (C=O) groups excluding carboxylic acids is 9. The van der Waals surface area contributed by atoms with Crippen molar-refractivity contribution in [1.82, 2.24) is 53.2 Å². The van der Waals surface area contributed by atoms with E-state index in [1.54, 1.807) is 12.1 Å². The number of aromatic hydroxyl groups is 2. The molecule has 0 unspecified atom stereocenters. The van der Waals surface area contributed by atoms with Gasteiger partial charge in [0.2, 0.25) is 59.3 Å². The van der Waals surface area contributed by atoms with Crippen molar-refractivity contribution in [3.63, 3.8) is 0 Å². The number of rotatable bonds is 23. The lowest BCUT2D eigenvalue weighted by molar-refractivity contribution is -0.333. The number of aryl methyl sites for hydroxylation is 1. The lowest BCUT2D eigenvalue weighted by Crippen LogP contribution is -2.64. The summed E-state index contributed by atoms with van der Waals surface area (Å²) in [6.07, 6.45) is -14.7. The van der Waals surface area contributed by atoms with E-state index in [2.05, 4.69) is 53.2 Å². The van der Waals surface area contributed by atoms with Gasteiger partial charge in [-0.2, -0.15) is 0 Å². The van der Waals surface area contributed by atoms with Crippen molar-refractivity contribution in [2.75, 3.05) is 39.9 Å². The van der Waals surface area contributed by atoms with E-state index in [1.807, 2.05) is 32.9 Å². The van der Waals surface area contributed by atoms with Crippen LogP contribution >= 0.6 is 11.6 Å². The zero-order valence-electron chi connectivity index (χ0n) is 71.5. The molecule has 2 saturated heterocycles. The Hall–Kier alpha value is -11.0. The number of fused-ring (bicyclic) bond motifs is 15. The van der Waals surface area contributed by atoms with Crippen molar-refractivity contribution >= 4 is 65.0 Å². The monoisotopic (exact) mass is 1790 g/mol. The minimum atomic E-state index is -2.33. The molecule has 0 spiro atoms. The highest BCUT2D eigenvalue weighted by atomic mass is 35.5. The normalized spacial score (nSPS) is 29.9. The third kappa shape index (κ3) is 20.6. The molecule has 9 amide bonds. The molecule has 6 fully saturated rings.